The first kappa shape index (κ1) is 14.0. The topological polar surface area (TPSA) is 67.0 Å². The molecular weight excluding hydrogens is 286 g/mol. The zero-order valence-corrected chi connectivity index (χ0v) is 12.6. The van der Waals surface area contributed by atoms with E-state index in [2.05, 4.69) is 22.2 Å². The molecule has 2 aromatic rings. The molecule has 0 atom stereocenters. The van der Waals surface area contributed by atoms with Crippen LogP contribution in [0.2, 0.25) is 0 Å². The van der Waals surface area contributed by atoms with E-state index >= 15 is 0 Å². The number of hydrogen-bond donors (Lipinski definition) is 2. The average Bonchev–Trinajstić information content (AvgIpc) is 2.95. The van der Waals surface area contributed by atoms with Crippen molar-refractivity contribution in [1.29, 1.82) is 0 Å². The van der Waals surface area contributed by atoms with Crippen molar-refractivity contribution in [3.8, 4) is 5.75 Å². The maximum atomic E-state index is 11.9. The van der Waals surface area contributed by atoms with Gasteiger partial charge in [0.15, 0.2) is 0 Å². The molecule has 1 aromatic carbocycles. The lowest BCUT2D eigenvalue weighted by molar-refractivity contribution is 0.317. The summed E-state index contributed by atoms with van der Waals surface area (Å²) in [6, 6.07) is 7.62. The van der Waals surface area contributed by atoms with Crippen molar-refractivity contribution >= 4 is 23.4 Å². The second-order valence-corrected chi connectivity index (χ2v) is 5.82. The minimum absolute atomic E-state index is 0.0459. The Hall–Kier alpha value is -1.95. The molecule has 0 saturated carbocycles. The Morgan fingerprint density at radius 2 is 2.14 bits per heavy atom. The Bertz CT molecular complexity index is 682. The summed E-state index contributed by atoms with van der Waals surface area (Å²) in [6.45, 7) is 2.79. The quantitative estimate of drug-likeness (QED) is 0.888. The Morgan fingerprint density at radius 3 is 2.90 bits per heavy atom. The van der Waals surface area contributed by atoms with E-state index in [0.717, 1.165) is 40.6 Å². The first-order chi connectivity index (χ1) is 10.3. The zero-order valence-electron chi connectivity index (χ0n) is 11.8. The van der Waals surface area contributed by atoms with Crippen LogP contribution in [0.25, 0.3) is 0 Å². The van der Waals surface area contributed by atoms with Crippen LogP contribution < -0.4 is 15.6 Å². The van der Waals surface area contributed by atoms with Gasteiger partial charge in [-0.3, -0.25) is 9.78 Å². The van der Waals surface area contributed by atoms with E-state index in [9.17, 15) is 4.79 Å². The predicted molar refractivity (Wildman–Crippen MR) is 85.4 cm³/mol. The molecule has 0 unspecified atom stereocenters. The molecule has 0 fully saturated rings. The number of fused-ring (bicyclic) bond motifs is 1. The fourth-order valence-electron chi connectivity index (χ4n) is 2.11. The predicted octanol–water partition coefficient (Wildman–Crippen LogP) is 3.05. The molecule has 1 aliphatic rings. The summed E-state index contributed by atoms with van der Waals surface area (Å²) in [7, 11) is 0. The fourth-order valence-corrected chi connectivity index (χ4v) is 3.15. The number of nitrogens with zero attached hydrogens (tertiary/aromatic N) is 1. The Labute approximate surface area is 127 Å². The number of H-pyrrole nitrogens is 1. The minimum Gasteiger partial charge on any atom is -0.494 e. The van der Waals surface area contributed by atoms with Gasteiger partial charge in [-0.2, -0.15) is 11.8 Å². The third-order valence-corrected chi connectivity index (χ3v) is 4.15. The Balaban J connectivity index is 1.75. The second kappa shape index (κ2) is 6.22. The van der Waals surface area contributed by atoms with Crippen molar-refractivity contribution in [2.24, 2.45) is 0 Å². The summed E-state index contributed by atoms with van der Waals surface area (Å²) < 4.78 is 5.54. The number of thioether (sulfide) groups is 1. The number of hydrogen-bond acceptors (Lipinski definition) is 5. The molecule has 0 bridgehead atoms. The minimum atomic E-state index is -0.0459. The number of aromatic nitrogens is 2. The van der Waals surface area contributed by atoms with Crippen molar-refractivity contribution in [2.75, 3.05) is 11.9 Å². The molecule has 1 aromatic heterocycles. The second-order valence-electron chi connectivity index (χ2n) is 4.83. The van der Waals surface area contributed by atoms with Gasteiger partial charge in [-0.05, 0) is 30.7 Å². The largest absolute Gasteiger partial charge is 0.494 e. The highest BCUT2D eigenvalue weighted by atomic mass is 32.2. The molecule has 1 aliphatic heterocycles. The number of anilines is 2. The molecule has 0 spiro atoms. The molecule has 21 heavy (non-hydrogen) atoms. The highest BCUT2D eigenvalue weighted by molar-refractivity contribution is 7.98. The third kappa shape index (κ3) is 3.21. The first-order valence-corrected chi connectivity index (χ1v) is 8.11. The molecule has 0 amide bonds. The molecule has 0 radical (unpaired) electrons. The number of aromatic amines is 1. The maximum Gasteiger partial charge on any atom is 0.256 e. The van der Waals surface area contributed by atoms with Crippen molar-refractivity contribution in [2.45, 2.75) is 24.9 Å². The van der Waals surface area contributed by atoms with Crippen molar-refractivity contribution < 1.29 is 4.74 Å². The van der Waals surface area contributed by atoms with Crippen LogP contribution in [0.5, 0.6) is 5.75 Å². The normalized spacial score (nSPS) is 13.0. The van der Waals surface area contributed by atoms with Gasteiger partial charge in [0.25, 0.3) is 5.56 Å². The van der Waals surface area contributed by atoms with Gasteiger partial charge in [-0.15, -0.1) is 0 Å². The van der Waals surface area contributed by atoms with Gasteiger partial charge in [0, 0.05) is 22.8 Å². The number of ether oxygens (including phenoxy) is 1. The van der Waals surface area contributed by atoms with E-state index in [0.29, 0.717) is 12.6 Å². The molecule has 0 aliphatic carbocycles. The number of nitrogens with one attached hydrogen (secondary N) is 2. The van der Waals surface area contributed by atoms with E-state index in [1.807, 2.05) is 24.3 Å². The van der Waals surface area contributed by atoms with Gasteiger partial charge < -0.3 is 10.1 Å². The van der Waals surface area contributed by atoms with E-state index in [4.69, 9.17) is 4.74 Å². The van der Waals surface area contributed by atoms with Crippen molar-refractivity contribution in [1.82, 2.24) is 9.97 Å². The van der Waals surface area contributed by atoms with Crippen molar-refractivity contribution in [3.63, 3.8) is 0 Å². The SMILES string of the molecule is CCCOc1ccc(Nc2nc3c(c(=O)[nH]2)CSC3)cc1. The average molecular weight is 303 g/mol. The van der Waals surface area contributed by atoms with Crippen molar-refractivity contribution in [3.05, 3.63) is 45.9 Å². The van der Waals surface area contributed by atoms with Gasteiger partial charge >= 0.3 is 0 Å². The maximum absolute atomic E-state index is 11.9. The summed E-state index contributed by atoms with van der Waals surface area (Å²) in [5.41, 5.74) is 2.51. The van der Waals surface area contributed by atoms with E-state index in [1.165, 1.54) is 0 Å². The monoisotopic (exact) mass is 303 g/mol. The van der Waals surface area contributed by atoms with Gasteiger partial charge in [0.05, 0.1) is 12.3 Å². The van der Waals surface area contributed by atoms with Gasteiger partial charge in [0.2, 0.25) is 5.95 Å². The third-order valence-electron chi connectivity index (χ3n) is 3.18. The summed E-state index contributed by atoms with van der Waals surface area (Å²) in [5.74, 6) is 2.89. The lowest BCUT2D eigenvalue weighted by atomic mass is 10.3. The summed E-state index contributed by atoms with van der Waals surface area (Å²) >= 11 is 1.71. The lowest BCUT2D eigenvalue weighted by Gasteiger charge is -2.08. The molecule has 110 valence electrons. The van der Waals surface area contributed by atoms with Crippen LogP contribution in [-0.4, -0.2) is 16.6 Å². The molecule has 0 saturated heterocycles. The number of benzene rings is 1. The molecule has 6 heteroatoms. The van der Waals surface area contributed by atoms with Crippen LogP contribution in [0, 0.1) is 0 Å². The summed E-state index contributed by atoms with van der Waals surface area (Å²) in [5, 5.41) is 3.13. The standard InChI is InChI=1S/C15H17N3O2S/c1-2-7-20-11-5-3-10(4-6-11)16-15-17-13-9-21-8-12(13)14(19)18-15/h3-6H,2,7-9H2,1H3,(H2,16,17,18,19). The van der Waals surface area contributed by atoms with Gasteiger partial charge in [0.1, 0.15) is 5.75 Å². The number of rotatable bonds is 5. The van der Waals surface area contributed by atoms with Gasteiger partial charge in [-0.25, -0.2) is 4.98 Å². The Kier molecular flexibility index (Phi) is 4.15. The Morgan fingerprint density at radius 1 is 1.33 bits per heavy atom. The zero-order chi connectivity index (χ0) is 14.7. The highest BCUT2D eigenvalue weighted by Gasteiger charge is 2.17. The van der Waals surface area contributed by atoms with Crippen LogP contribution in [0.4, 0.5) is 11.6 Å². The van der Waals surface area contributed by atoms with Crippen LogP contribution in [0.15, 0.2) is 29.1 Å². The highest BCUT2D eigenvalue weighted by Crippen LogP contribution is 2.26. The lowest BCUT2D eigenvalue weighted by Crippen LogP contribution is -2.16. The molecule has 2 N–H and O–H groups in total. The molecule has 2 heterocycles. The van der Waals surface area contributed by atoms with E-state index in [1.54, 1.807) is 11.8 Å². The first-order valence-electron chi connectivity index (χ1n) is 6.96. The van der Waals surface area contributed by atoms with Crippen LogP contribution in [-0.2, 0) is 11.5 Å². The van der Waals surface area contributed by atoms with Crippen LogP contribution in [0.1, 0.15) is 24.6 Å². The fraction of sp³-hybridized carbons (Fsp3) is 0.333. The van der Waals surface area contributed by atoms with Gasteiger partial charge in [-0.1, -0.05) is 6.92 Å². The van der Waals surface area contributed by atoms with Crippen LogP contribution >= 0.6 is 11.8 Å². The summed E-state index contributed by atoms with van der Waals surface area (Å²) in [4.78, 5) is 19.2. The smallest absolute Gasteiger partial charge is 0.256 e. The summed E-state index contributed by atoms with van der Waals surface area (Å²) in [6.07, 6.45) is 0.984. The molecule has 5 nitrogen and oxygen atoms in total. The van der Waals surface area contributed by atoms with Crippen LogP contribution in [0.3, 0.4) is 0 Å². The van der Waals surface area contributed by atoms with E-state index in [-0.39, 0.29) is 5.56 Å². The molecular formula is C15H17N3O2S. The van der Waals surface area contributed by atoms with E-state index < -0.39 is 0 Å². The molecule has 3 rings (SSSR count).